The number of ether oxygens (including phenoxy) is 1. The number of aromatic nitrogens is 3. The fourth-order valence-corrected chi connectivity index (χ4v) is 5.80. The van der Waals surface area contributed by atoms with Gasteiger partial charge in [0, 0.05) is 39.7 Å². The first kappa shape index (κ1) is 26.2. The molecule has 1 atom stereocenters. The molecule has 0 aliphatic carbocycles. The van der Waals surface area contributed by atoms with Crippen molar-refractivity contribution in [3.8, 4) is 32.8 Å². The molecule has 0 N–H and O–H groups in total. The first-order valence-electron chi connectivity index (χ1n) is 12.3. The molecule has 192 valence electrons. The summed E-state index contributed by atoms with van der Waals surface area (Å²) < 4.78 is 7.35. The molecular weight excluding hydrogens is 514 g/mol. The summed E-state index contributed by atoms with van der Waals surface area (Å²) in [5, 5.41) is 1.54. The molecule has 0 fully saturated rings. The lowest BCUT2D eigenvalue weighted by molar-refractivity contribution is -0.138. The van der Waals surface area contributed by atoms with Gasteiger partial charge in [-0.3, -0.25) is 4.79 Å². The number of aryl methyl sites for hydroxylation is 1. The van der Waals surface area contributed by atoms with Gasteiger partial charge in [-0.05, 0) is 75.6 Å². The molecule has 5 aromatic rings. The van der Waals surface area contributed by atoms with Crippen LogP contribution in [-0.4, -0.2) is 26.3 Å². The maximum atomic E-state index is 13.0. The SMILES string of the molecule is CC(=O)[C@@H](OC(C)(C)C)c1c(C)cc2nc(-c3cccc(-c4cncnc4)c3)sc2c1-c1ccc(Cl)cc1. The number of thiazole rings is 1. The Morgan fingerprint density at radius 2 is 1.63 bits per heavy atom. The first-order chi connectivity index (χ1) is 18.1. The van der Waals surface area contributed by atoms with E-state index in [-0.39, 0.29) is 5.78 Å². The minimum absolute atomic E-state index is 0.0416. The molecule has 5 nitrogen and oxygen atoms in total. The number of hydrogen-bond acceptors (Lipinski definition) is 6. The van der Waals surface area contributed by atoms with E-state index < -0.39 is 11.7 Å². The Balaban J connectivity index is 1.74. The average molecular weight is 542 g/mol. The highest BCUT2D eigenvalue weighted by atomic mass is 35.5. The predicted octanol–water partition coefficient (Wildman–Crippen LogP) is 8.49. The van der Waals surface area contributed by atoms with E-state index in [9.17, 15) is 4.79 Å². The predicted molar refractivity (Wildman–Crippen MR) is 156 cm³/mol. The van der Waals surface area contributed by atoms with E-state index in [0.717, 1.165) is 54.2 Å². The van der Waals surface area contributed by atoms with Crippen molar-refractivity contribution in [2.24, 2.45) is 0 Å². The summed E-state index contributed by atoms with van der Waals surface area (Å²) in [5.41, 5.74) is 7.09. The van der Waals surface area contributed by atoms with Crippen molar-refractivity contribution >= 4 is 38.9 Å². The Morgan fingerprint density at radius 3 is 2.29 bits per heavy atom. The summed E-state index contributed by atoms with van der Waals surface area (Å²) >= 11 is 7.85. The van der Waals surface area contributed by atoms with Gasteiger partial charge in [0.1, 0.15) is 17.4 Å². The minimum Gasteiger partial charge on any atom is -0.360 e. The van der Waals surface area contributed by atoms with Crippen molar-refractivity contribution in [3.05, 3.63) is 89.5 Å². The molecule has 2 aromatic heterocycles. The lowest BCUT2D eigenvalue weighted by atomic mass is 9.90. The van der Waals surface area contributed by atoms with Crippen LogP contribution in [0.4, 0.5) is 0 Å². The van der Waals surface area contributed by atoms with E-state index in [1.54, 1.807) is 30.7 Å². The maximum absolute atomic E-state index is 13.0. The molecule has 0 saturated carbocycles. The van der Waals surface area contributed by atoms with Crippen LogP contribution in [-0.2, 0) is 9.53 Å². The van der Waals surface area contributed by atoms with Gasteiger partial charge in [-0.2, -0.15) is 0 Å². The van der Waals surface area contributed by atoms with Crippen molar-refractivity contribution in [1.29, 1.82) is 0 Å². The second-order valence-corrected chi connectivity index (χ2v) is 11.7. The molecule has 3 aromatic carbocycles. The Bertz CT molecular complexity index is 1620. The zero-order chi connectivity index (χ0) is 27.0. The third kappa shape index (κ3) is 5.39. The highest BCUT2D eigenvalue weighted by molar-refractivity contribution is 7.22. The van der Waals surface area contributed by atoms with Gasteiger partial charge in [0.25, 0.3) is 0 Å². The quantitative estimate of drug-likeness (QED) is 0.215. The van der Waals surface area contributed by atoms with Crippen molar-refractivity contribution in [2.45, 2.75) is 46.3 Å². The van der Waals surface area contributed by atoms with Gasteiger partial charge >= 0.3 is 0 Å². The van der Waals surface area contributed by atoms with Gasteiger partial charge in [-0.25, -0.2) is 15.0 Å². The van der Waals surface area contributed by atoms with Crippen LogP contribution in [0.3, 0.4) is 0 Å². The largest absolute Gasteiger partial charge is 0.360 e. The smallest absolute Gasteiger partial charge is 0.163 e. The third-order valence-corrected chi connectivity index (χ3v) is 7.56. The molecule has 38 heavy (non-hydrogen) atoms. The van der Waals surface area contributed by atoms with E-state index in [0.29, 0.717) is 5.02 Å². The number of halogens is 1. The molecule has 0 aliphatic rings. The summed E-state index contributed by atoms with van der Waals surface area (Å²) in [6, 6.07) is 18.0. The summed E-state index contributed by atoms with van der Waals surface area (Å²) in [7, 11) is 0. The minimum atomic E-state index is -0.711. The van der Waals surface area contributed by atoms with Gasteiger partial charge in [0.2, 0.25) is 0 Å². The number of fused-ring (bicyclic) bond motifs is 1. The standard InChI is InChI=1S/C31H28ClN3O2S/c1-18-13-25-29(38-30(35-25)22-8-6-7-21(14-22)23-15-33-17-34-16-23)27(20-9-11-24(32)12-10-20)26(18)28(19(2)36)37-31(3,4)5/h6-17,28H,1-5H3/t28-/m1/s1. The van der Waals surface area contributed by atoms with Crippen LogP contribution >= 0.6 is 22.9 Å². The van der Waals surface area contributed by atoms with Crippen molar-refractivity contribution in [3.63, 3.8) is 0 Å². The molecule has 0 bridgehead atoms. The number of benzene rings is 3. The van der Waals surface area contributed by atoms with Gasteiger partial charge in [0.05, 0.1) is 15.8 Å². The van der Waals surface area contributed by atoms with Crippen molar-refractivity contribution in [1.82, 2.24) is 15.0 Å². The van der Waals surface area contributed by atoms with Gasteiger partial charge in [0.15, 0.2) is 5.78 Å². The zero-order valence-electron chi connectivity index (χ0n) is 21.9. The lowest BCUT2D eigenvalue weighted by Gasteiger charge is -2.29. The molecule has 0 amide bonds. The van der Waals surface area contributed by atoms with E-state index in [1.807, 2.05) is 64.1 Å². The van der Waals surface area contributed by atoms with Crippen LogP contribution in [0.1, 0.15) is 44.9 Å². The Morgan fingerprint density at radius 1 is 0.947 bits per heavy atom. The number of rotatable bonds is 6. The topological polar surface area (TPSA) is 65.0 Å². The highest BCUT2D eigenvalue weighted by Gasteiger charge is 2.30. The number of carbonyl (C=O) groups excluding carboxylic acids is 1. The normalized spacial score (nSPS) is 12.6. The molecular formula is C31H28ClN3O2S. The van der Waals surface area contributed by atoms with Gasteiger partial charge < -0.3 is 4.74 Å². The van der Waals surface area contributed by atoms with Crippen LogP contribution in [0.15, 0.2) is 73.3 Å². The number of nitrogens with zero attached hydrogens (tertiary/aromatic N) is 3. The molecule has 2 heterocycles. The molecule has 0 aliphatic heterocycles. The molecule has 0 unspecified atom stereocenters. The Labute approximate surface area is 231 Å². The Hall–Kier alpha value is -3.45. The summed E-state index contributed by atoms with van der Waals surface area (Å²) in [5.74, 6) is -0.0416. The van der Waals surface area contributed by atoms with E-state index in [1.165, 1.54) is 6.33 Å². The van der Waals surface area contributed by atoms with Gasteiger partial charge in [-0.15, -0.1) is 11.3 Å². The van der Waals surface area contributed by atoms with E-state index >= 15 is 0 Å². The fourth-order valence-electron chi connectivity index (χ4n) is 4.55. The summed E-state index contributed by atoms with van der Waals surface area (Å²) in [6.45, 7) is 9.50. The average Bonchev–Trinajstić information content (AvgIpc) is 3.31. The number of Topliss-reactive ketones (excluding diaryl/α,β-unsaturated/α-hetero) is 1. The van der Waals surface area contributed by atoms with E-state index in [2.05, 4.69) is 28.2 Å². The van der Waals surface area contributed by atoms with E-state index in [4.69, 9.17) is 21.3 Å². The molecule has 0 spiro atoms. The molecule has 5 rings (SSSR count). The molecule has 7 heteroatoms. The first-order valence-corrected chi connectivity index (χ1v) is 13.5. The molecule has 0 radical (unpaired) electrons. The zero-order valence-corrected chi connectivity index (χ0v) is 23.5. The monoisotopic (exact) mass is 541 g/mol. The Kier molecular flexibility index (Phi) is 7.14. The second-order valence-electron chi connectivity index (χ2n) is 10.3. The van der Waals surface area contributed by atoms with Gasteiger partial charge in [-0.1, -0.05) is 41.9 Å². The van der Waals surface area contributed by atoms with Crippen LogP contribution in [0.25, 0.3) is 43.0 Å². The van der Waals surface area contributed by atoms with Crippen LogP contribution in [0, 0.1) is 6.92 Å². The number of ketones is 1. The summed E-state index contributed by atoms with van der Waals surface area (Å²) in [4.78, 5) is 26.3. The molecule has 0 saturated heterocycles. The lowest BCUT2D eigenvalue weighted by Crippen LogP contribution is -2.27. The number of hydrogen-bond donors (Lipinski definition) is 0. The second kappa shape index (κ2) is 10.4. The van der Waals surface area contributed by atoms with Crippen molar-refractivity contribution in [2.75, 3.05) is 0 Å². The number of carbonyl (C=O) groups is 1. The van der Waals surface area contributed by atoms with Crippen LogP contribution < -0.4 is 0 Å². The van der Waals surface area contributed by atoms with Crippen molar-refractivity contribution < 1.29 is 9.53 Å². The third-order valence-electron chi connectivity index (χ3n) is 6.17. The van der Waals surface area contributed by atoms with Crippen LogP contribution in [0.5, 0.6) is 0 Å². The summed E-state index contributed by atoms with van der Waals surface area (Å²) in [6.07, 6.45) is 4.42. The highest BCUT2D eigenvalue weighted by Crippen LogP contribution is 2.44. The fraction of sp³-hybridized carbons (Fsp3) is 0.226. The van der Waals surface area contributed by atoms with Crippen LogP contribution in [0.2, 0.25) is 5.02 Å². The maximum Gasteiger partial charge on any atom is 0.163 e.